The van der Waals surface area contributed by atoms with E-state index in [0.717, 1.165) is 5.56 Å². The fourth-order valence-electron chi connectivity index (χ4n) is 3.05. The molecule has 0 saturated heterocycles. The number of benzene rings is 1. The number of nitrogens with one attached hydrogen (secondary N) is 1. The number of amides is 1. The molecule has 3 unspecified atom stereocenters. The average molecular weight is 291 g/mol. The third kappa shape index (κ3) is 3.61. The van der Waals surface area contributed by atoms with Crippen molar-refractivity contribution in [3.05, 3.63) is 35.9 Å². The molecule has 1 aliphatic carbocycles. The standard InChI is InChI=1S/C16H21NO4/c1-10-7-12(13(8-10)16(20)21)15(19)17-14(9-18)11-5-3-2-4-6-11/h2-6,10,12-14,18H,7-9H2,1H3,(H,17,19)(H,20,21)/t10?,12?,13?,14-/m0/s1. The van der Waals surface area contributed by atoms with Crippen LogP contribution in [0.2, 0.25) is 0 Å². The first-order valence-electron chi connectivity index (χ1n) is 7.22. The lowest BCUT2D eigenvalue weighted by atomic mass is 9.94. The molecule has 0 aliphatic heterocycles. The SMILES string of the molecule is CC1CC(C(=O)O)C(C(=O)N[C@@H](CO)c2ccccc2)C1. The highest BCUT2D eigenvalue weighted by Crippen LogP contribution is 2.36. The smallest absolute Gasteiger partial charge is 0.307 e. The third-order valence-corrected chi connectivity index (χ3v) is 4.15. The monoisotopic (exact) mass is 291 g/mol. The number of aliphatic carboxylic acids is 1. The first-order valence-corrected chi connectivity index (χ1v) is 7.22. The van der Waals surface area contributed by atoms with Crippen molar-refractivity contribution in [2.24, 2.45) is 17.8 Å². The van der Waals surface area contributed by atoms with Crippen LogP contribution in [-0.4, -0.2) is 28.7 Å². The number of carboxylic acid groups (broad SMARTS) is 1. The highest BCUT2D eigenvalue weighted by Gasteiger charge is 2.41. The number of hydrogen-bond donors (Lipinski definition) is 3. The van der Waals surface area contributed by atoms with Crippen molar-refractivity contribution < 1.29 is 19.8 Å². The first-order chi connectivity index (χ1) is 10.0. The van der Waals surface area contributed by atoms with Crippen LogP contribution >= 0.6 is 0 Å². The van der Waals surface area contributed by atoms with Gasteiger partial charge in [0.25, 0.3) is 0 Å². The second kappa shape index (κ2) is 6.72. The number of hydrogen-bond acceptors (Lipinski definition) is 3. The Morgan fingerprint density at radius 1 is 1.24 bits per heavy atom. The molecule has 1 aromatic carbocycles. The van der Waals surface area contributed by atoms with Gasteiger partial charge in [-0.3, -0.25) is 9.59 Å². The highest BCUT2D eigenvalue weighted by molar-refractivity contribution is 5.85. The van der Waals surface area contributed by atoms with Crippen molar-refractivity contribution in [2.45, 2.75) is 25.8 Å². The zero-order valence-electron chi connectivity index (χ0n) is 12.0. The van der Waals surface area contributed by atoms with Crippen molar-refractivity contribution >= 4 is 11.9 Å². The number of aliphatic hydroxyl groups excluding tert-OH is 1. The van der Waals surface area contributed by atoms with E-state index in [2.05, 4.69) is 5.32 Å². The van der Waals surface area contributed by atoms with Crippen LogP contribution in [0.25, 0.3) is 0 Å². The van der Waals surface area contributed by atoms with Crippen LogP contribution in [0.15, 0.2) is 30.3 Å². The molecule has 1 amide bonds. The van der Waals surface area contributed by atoms with E-state index in [1.165, 1.54) is 0 Å². The normalized spacial score (nSPS) is 26.3. The van der Waals surface area contributed by atoms with E-state index in [1.54, 1.807) is 0 Å². The van der Waals surface area contributed by atoms with Crippen LogP contribution in [0, 0.1) is 17.8 Å². The first kappa shape index (κ1) is 15.5. The summed E-state index contributed by atoms with van der Waals surface area (Å²) in [7, 11) is 0. The van der Waals surface area contributed by atoms with E-state index in [0.29, 0.717) is 12.8 Å². The predicted octanol–water partition coefficient (Wildman–Crippen LogP) is 1.58. The lowest BCUT2D eigenvalue weighted by Crippen LogP contribution is -2.38. The van der Waals surface area contributed by atoms with Gasteiger partial charge in [0.1, 0.15) is 0 Å². The van der Waals surface area contributed by atoms with Crippen LogP contribution < -0.4 is 5.32 Å². The van der Waals surface area contributed by atoms with E-state index in [-0.39, 0.29) is 18.4 Å². The van der Waals surface area contributed by atoms with E-state index in [4.69, 9.17) is 0 Å². The Bertz CT molecular complexity index is 502. The van der Waals surface area contributed by atoms with Crippen molar-refractivity contribution in [2.75, 3.05) is 6.61 Å². The second-order valence-corrected chi connectivity index (χ2v) is 5.78. The zero-order valence-corrected chi connectivity index (χ0v) is 12.0. The minimum Gasteiger partial charge on any atom is -0.481 e. The van der Waals surface area contributed by atoms with Gasteiger partial charge < -0.3 is 15.5 Å². The summed E-state index contributed by atoms with van der Waals surface area (Å²) < 4.78 is 0. The quantitative estimate of drug-likeness (QED) is 0.769. The maximum Gasteiger partial charge on any atom is 0.307 e. The van der Waals surface area contributed by atoms with E-state index < -0.39 is 23.8 Å². The molecule has 1 aromatic rings. The van der Waals surface area contributed by atoms with E-state index in [9.17, 15) is 19.8 Å². The molecule has 5 nitrogen and oxygen atoms in total. The van der Waals surface area contributed by atoms with Crippen molar-refractivity contribution in [1.82, 2.24) is 5.32 Å². The molecule has 1 aliphatic rings. The van der Waals surface area contributed by atoms with Crippen molar-refractivity contribution in [3.63, 3.8) is 0 Å². The van der Waals surface area contributed by atoms with Crippen LogP contribution in [0.1, 0.15) is 31.4 Å². The highest BCUT2D eigenvalue weighted by atomic mass is 16.4. The Labute approximate surface area is 124 Å². The summed E-state index contributed by atoms with van der Waals surface area (Å²) in [6.07, 6.45) is 1.11. The molecule has 0 aromatic heterocycles. The summed E-state index contributed by atoms with van der Waals surface area (Å²) in [6, 6.07) is 8.69. The van der Waals surface area contributed by atoms with E-state index in [1.807, 2.05) is 37.3 Å². The van der Waals surface area contributed by atoms with Gasteiger partial charge in [-0.25, -0.2) is 0 Å². The minimum absolute atomic E-state index is 0.213. The molecule has 3 N–H and O–H groups in total. The van der Waals surface area contributed by atoms with Crippen LogP contribution in [0.3, 0.4) is 0 Å². The second-order valence-electron chi connectivity index (χ2n) is 5.78. The molecule has 4 atom stereocenters. The van der Waals surface area contributed by atoms with Crippen LogP contribution in [0.4, 0.5) is 0 Å². The fraction of sp³-hybridized carbons (Fsp3) is 0.500. The topological polar surface area (TPSA) is 86.6 Å². The number of carbonyl (C=O) groups excluding carboxylic acids is 1. The predicted molar refractivity (Wildman–Crippen MR) is 77.4 cm³/mol. The molecule has 1 fully saturated rings. The third-order valence-electron chi connectivity index (χ3n) is 4.15. The molecule has 0 bridgehead atoms. The summed E-state index contributed by atoms with van der Waals surface area (Å²) in [5.41, 5.74) is 0.811. The molecule has 21 heavy (non-hydrogen) atoms. The van der Waals surface area contributed by atoms with Gasteiger partial charge >= 0.3 is 5.97 Å². The average Bonchev–Trinajstić information content (AvgIpc) is 2.88. The van der Waals surface area contributed by atoms with Gasteiger partial charge in [0, 0.05) is 0 Å². The van der Waals surface area contributed by atoms with Crippen LogP contribution in [0.5, 0.6) is 0 Å². The molecule has 114 valence electrons. The number of carboxylic acids is 1. The number of aliphatic hydroxyl groups is 1. The van der Waals surface area contributed by atoms with Gasteiger partial charge in [0.15, 0.2) is 0 Å². The molecule has 5 heteroatoms. The van der Waals surface area contributed by atoms with Crippen LogP contribution in [-0.2, 0) is 9.59 Å². The summed E-state index contributed by atoms with van der Waals surface area (Å²) in [6.45, 7) is 1.75. The zero-order chi connectivity index (χ0) is 15.4. The lowest BCUT2D eigenvalue weighted by Gasteiger charge is -2.21. The Balaban J connectivity index is 2.07. The van der Waals surface area contributed by atoms with Crippen molar-refractivity contribution in [1.29, 1.82) is 0 Å². The Morgan fingerprint density at radius 2 is 1.86 bits per heavy atom. The van der Waals surface area contributed by atoms with E-state index >= 15 is 0 Å². The van der Waals surface area contributed by atoms with Gasteiger partial charge in [-0.15, -0.1) is 0 Å². The molecule has 0 radical (unpaired) electrons. The molecule has 1 saturated carbocycles. The van der Waals surface area contributed by atoms with Gasteiger partial charge in [-0.2, -0.15) is 0 Å². The fourth-order valence-corrected chi connectivity index (χ4v) is 3.05. The minimum atomic E-state index is -0.917. The summed E-state index contributed by atoms with van der Waals surface area (Å²) >= 11 is 0. The van der Waals surface area contributed by atoms with Gasteiger partial charge in [-0.05, 0) is 24.3 Å². The molecule has 0 spiro atoms. The molecule has 2 rings (SSSR count). The Hall–Kier alpha value is -1.88. The molecular formula is C16H21NO4. The summed E-state index contributed by atoms with van der Waals surface area (Å²) in [5.74, 6) is -2.12. The van der Waals surface area contributed by atoms with Gasteiger partial charge in [0.05, 0.1) is 24.5 Å². The Morgan fingerprint density at radius 3 is 2.43 bits per heavy atom. The maximum atomic E-state index is 12.4. The Kier molecular flexibility index (Phi) is 4.96. The largest absolute Gasteiger partial charge is 0.481 e. The summed E-state index contributed by atoms with van der Waals surface area (Å²) in [4.78, 5) is 23.6. The number of carbonyl (C=O) groups is 2. The van der Waals surface area contributed by atoms with Gasteiger partial charge in [0.2, 0.25) is 5.91 Å². The summed E-state index contributed by atoms with van der Waals surface area (Å²) in [5, 5.41) is 21.5. The maximum absolute atomic E-state index is 12.4. The molecule has 0 heterocycles. The van der Waals surface area contributed by atoms with Gasteiger partial charge in [-0.1, -0.05) is 37.3 Å². The molecular weight excluding hydrogens is 270 g/mol. The lowest BCUT2D eigenvalue weighted by molar-refractivity contribution is -0.146. The number of rotatable bonds is 5. The van der Waals surface area contributed by atoms with Crippen molar-refractivity contribution in [3.8, 4) is 0 Å².